The van der Waals surface area contributed by atoms with Crippen molar-refractivity contribution >= 4 is 33.0 Å². The van der Waals surface area contributed by atoms with Crippen molar-refractivity contribution in [3.05, 3.63) is 70.5 Å². The third-order valence-electron chi connectivity index (χ3n) is 4.25. The number of carbonyl (C=O) groups excluding carboxylic acids is 1. The number of nitrogens with one attached hydrogen (secondary N) is 1. The molecule has 3 aromatic rings. The summed E-state index contributed by atoms with van der Waals surface area (Å²) in [6, 6.07) is 11.3. The smallest absolute Gasteiger partial charge is 0.321 e. The van der Waals surface area contributed by atoms with Crippen LogP contribution in [0.2, 0.25) is 5.02 Å². The number of benzene rings is 2. The van der Waals surface area contributed by atoms with E-state index in [-0.39, 0.29) is 11.3 Å². The average molecular weight is 440 g/mol. The maximum absolute atomic E-state index is 12.9. The Labute approximate surface area is 171 Å². The Morgan fingerprint density at radius 3 is 2.28 bits per heavy atom. The molecule has 0 atom stereocenters. The van der Waals surface area contributed by atoms with E-state index in [0.717, 1.165) is 11.8 Å². The molecule has 152 valence electrons. The molecular formula is C19H16ClF2N3O3S. The Morgan fingerprint density at radius 1 is 1.10 bits per heavy atom. The van der Waals surface area contributed by atoms with Gasteiger partial charge in [0.1, 0.15) is 0 Å². The molecule has 3 rings (SSSR count). The number of alkyl halides is 2. The van der Waals surface area contributed by atoms with Crippen LogP contribution in [-0.4, -0.2) is 29.9 Å². The van der Waals surface area contributed by atoms with Crippen molar-refractivity contribution in [2.75, 3.05) is 5.32 Å². The number of carbonyl (C=O) groups is 1. The van der Waals surface area contributed by atoms with Crippen LogP contribution in [0.15, 0.2) is 53.4 Å². The van der Waals surface area contributed by atoms with E-state index in [1.807, 2.05) is 6.92 Å². The molecule has 0 radical (unpaired) electrons. The summed E-state index contributed by atoms with van der Waals surface area (Å²) in [7, 11) is -4.86. The molecule has 0 saturated carbocycles. The molecule has 1 aromatic heterocycles. The average Bonchev–Trinajstić information content (AvgIpc) is 2.95. The molecule has 1 heterocycles. The normalized spacial score (nSPS) is 11.7. The fourth-order valence-electron chi connectivity index (χ4n) is 2.74. The van der Waals surface area contributed by atoms with E-state index < -0.39 is 26.4 Å². The van der Waals surface area contributed by atoms with Crippen molar-refractivity contribution in [1.29, 1.82) is 0 Å². The highest BCUT2D eigenvalue weighted by molar-refractivity contribution is 7.91. The highest BCUT2D eigenvalue weighted by atomic mass is 35.5. The number of aromatic nitrogens is 2. The number of amides is 1. The molecule has 0 saturated heterocycles. The van der Waals surface area contributed by atoms with Crippen LogP contribution >= 0.6 is 11.6 Å². The van der Waals surface area contributed by atoms with Gasteiger partial charge in [-0.3, -0.25) is 4.79 Å². The summed E-state index contributed by atoms with van der Waals surface area (Å²) in [5.74, 6) is -4.23. The van der Waals surface area contributed by atoms with Crippen LogP contribution in [0, 0.1) is 13.8 Å². The van der Waals surface area contributed by atoms with Gasteiger partial charge in [-0.1, -0.05) is 23.7 Å². The van der Waals surface area contributed by atoms with E-state index >= 15 is 0 Å². The number of halogens is 3. The predicted molar refractivity (Wildman–Crippen MR) is 106 cm³/mol. The first-order chi connectivity index (χ1) is 13.6. The molecule has 0 aliphatic rings. The van der Waals surface area contributed by atoms with E-state index in [1.54, 1.807) is 23.7 Å². The first kappa shape index (κ1) is 20.9. The second-order valence-electron chi connectivity index (χ2n) is 6.20. The van der Waals surface area contributed by atoms with Crippen LogP contribution < -0.4 is 5.32 Å². The highest BCUT2D eigenvalue weighted by Gasteiger charge is 2.29. The monoisotopic (exact) mass is 439 g/mol. The van der Waals surface area contributed by atoms with Crippen LogP contribution in [-0.2, 0) is 9.84 Å². The van der Waals surface area contributed by atoms with Crippen LogP contribution in [0.4, 0.5) is 14.5 Å². The first-order valence-corrected chi connectivity index (χ1v) is 10.3. The van der Waals surface area contributed by atoms with Gasteiger partial charge < -0.3 is 5.32 Å². The van der Waals surface area contributed by atoms with Gasteiger partial charge in [-0.15, -0.1) is 0 Å². The van der Waals surface area contributed by atoms with Crippen LogP contribution in [0.25, 0.3) is 5.69 Å². The number of nitrogens with zero attached hydrogens (tertiary/aromatic N) is 2. The van der Waals surface area contributed by atoms with Crippen molar-refractivity contribution in [3.63, 3.8) is 0 Å². The summed E-state index contributed by atoms with van der Waals surface area (Å²) in [6.45, 7) is 3.59. The largest absolute Gasteiger partial charge is 0.341 e. The third-order valence-corrected chi connectivity index (χ3v) is 6.24. The minimum atomic E-state index is -4.86. The molecule has 0 bridgehead atoms. The quantitative estimate of drug-likeness (QED) is 0.639. The van der Waals surface area contributed by atoms with Gasteiger partial charge in [-0.2, -0.15) is 13.9 Å². The molecule has 0 fully saturated rings. The summed E-state index contributed by atoms with van der Waals surface area (Å²) in [5, 5.41) is 7.25. The summed E-state index contributed by atoms with van der Waals surface area (Å²) in [6.07, 6.45) is 0. The lowest BCUT2D eigenvalue weighted by Gasteiger charge is -2.12. The van der Waals surface area contributed by atoms with Gasteiger partial charge in [0.15, 0.2) is 0 Å². The molecule has 2 aromatic carbocycles. The maximum atomic E-state index is 12.9. The Hall–Kier alpha value is -2.78. The fourth-order valence-corrected chi connectivity index (χ4v) is 3.74. The van der Waals surface area contributed by atoms with Gasteiger partial charge >= 0.3 is 5.76 Å². The second kappa shape index (κ2) is 7.92. The lowest BCUT2D eigenvalue weighted by Crippen LogP contribution is -2.17. The van der Waals surface area contributed by atoms with E-state index in [4.69, 9.17) is 11.6 Å². The van der Waals surface area contributed by atoms with Crippen molar-refractivity contribution in [1.82, 2.24) is 9.78 Å². The van der Waals surface area contributed by atoms with E-state index in [2.05, 4.69) is 10.4 Å². The number of sulfone groups is 1. The number of hydrogen-bond donors (Lipinski definition) is 1. The Kier molecular flexibility index (Phi) is 5.72. The molecule has 10 heteroatoms. The second-order valence-corrected chi connectivity index (χ2v) is 8.46. The van der Waals surface area contributed by atoms with Crippen molar-refractivity contribution < 1.29 is 22.0 Å². The van der Waals surface area contributed by atoms with Crippen LogP contribution in [0.3, 0.4) is 0 Å². The lowest BCUT2D eigenvalue weighted by atomic mass is 10.2. The molecule has 0 aliphatic carbocycles. The maximum Gasteiger partial charge on any atom is 0.341 e. The lowest BCUT2D eigenvalue weighted by molar-refractivity contribution is 0.102. The van der Waals surface area contributed by atoms with Crippen molar-refractivity contribution in [3.8, 4) is 5.69 Å². The van der Waals surface area contributed by atoms with Gasteiger partial charge in [-0.05, 0) is 50.2 Å². The molecule has 0 spiro atoms. The number of rotatable bonds is 5. The summed E-state index contributed by atoms with van der Waals surface area (Å²) in [5.41, 5.74) is 2.09. The first-order valence-electron chi connectivity index (χ1n) is 8.37. The van der Waals surface area contributed by atoms with Gasteiger partial charge in [0.05, 0.1) is 32.7 Å². The number of aryl methyl sites for hydroxylation is 1. The number of hydrogen-bond acceptors (Lipinski definition) is 4. The zero-order valence-corrected chi connectivity index (χ0v) is 16.9. The van der Waals surface area contributed by atoms with Crippen molar-refractivity contribution in [2.45, 2.75) is 24.5 Å². The van der Waals surface area contributed by atoms with E-state index in [1.165, 1.54) is 30.3 Å². The Balaban J connectivity index is 1.87. The molecule has 0 unspecified atom stereocenters. The topological polar surface area (TPSA) is 81.1 Å². The third kappa shape index (κ3) is 4.01. The van der Waals surface area contributed by atoms with E-state index in [9.17, 15) is 22.0 Å². The molecular weight excluding hydrogens is 424 g/mol. The summed E-state index contributed by atoms with van der Waals surface area (Å²) in [4.78, 5) is 11.9. The minimum absolute atomic E-state index is 0.214. The Bertz CT molecular complexity index is 1180. The standard InChI is InChI=1S/C19H16ClF2N3O3S/c1-11-17(20)12(2)25(24-11)14-9-7-13(8-10-14)18(26)23-15-5-3-4-6-16(15)29(27,28)19(21)22/h3-10,19H,1-2H3,(H,23,26). The predicted octanol–water partition coefficient (Wildman–Crippen LogP) is 4.39. The molecule has 1 N–H and O–H groups in total. The van der Waals surface area contributed by atoms with Gasteiger partial charge in [0, 0.05) is 5.56 Å². The number of anilines is 1. The zero-order valence-electron chi connectivity index (χ0n) is 15.4. The highest BCUT2D eigenvalue weighted by Crippen LogP contribution is 2.27. The molecule has 1 amide bonds. The van der Waals surface area contributed by atoms with Crippen LogP contribution in [0.1, 0.15) is 21.7 Å². The van der Waals surface area contributed by atoms with Gasteiger partial charge in [0.2, 0.25) is 9.84 Å². The molecule has 0 aliphatic heterocycles. The molecule has 29 heavy (non-hydrogen) atoms. The minimum Gasteiger partial charge on any atom is -0.321 e. The summed E-state index contributed by atoms with van der Waals surface area (Å²) < 4.78 is 51.0. The fraction of sp³-hybridized carbons (Fsp3) is 0.158. The van der Waals surface area contributed by atoms with E-state index in [0.29, 0.717) is 16.4 Å². The zero-order chi connectivity index (χ0) is 21.3. The molecule has 6 nitrogen and oxygen atoms in total. The summed E-state index contributed by atoms with van der Waals surface area (Å²) >= 11 is 6.14. The Morgan fingerprint density at radius 2 is 1.72 bits per heavy atom. The SMILES string of the molecule is Cc1nn(-c2ccc(C(=O)Nc3ccccc3S(=O)(=O)C(F)F)cc2)c(C)c1Cl. The van der Waals surface area contributed by atoms with Crippen LogP contribution in [0.5, 0.6) is 0 Å². The van der Waals surface area contributed by atoms with Gasteiger partial charge in [0.25, 0.3) is 5.91 Å². The van der Waals surface area contributed by atoms with Gasteiger partial charge in [-0.25, -0.2) is 13.1 Å². The number of para-hydroxylation sites is 1. The van der Waals surface area contributed by atoms with Crippen molar-refractivity contribution in [2.24, 2.45) is 0 Å².